The summed E-state index contributed by atoms with van der Waals surface area (Å²) in [5, 5.41) is 0. The maximum atomic E-state index is 10.6. The van der Waals surface area contributed by atoms with Crippen LogP contribution in [0.4, 0.5) is 4.79 Å². The number of carbonyl (C=O) groups excluding carboxylic acids is 1. The molecular weight excluding hydrogens is 209 g/mol. The number of hydrogen-bond acceptors (Lipinski definition) is 4. The minimum absolute atomic E-state index is 0. The van der Waals surface area contributed by atoms with Crippen LogP contribution in [-0.2, 0) is 4.74 Å². The van der Waals surface area contributed by atoms with Gasteiger partial charge in [0.15, 0.2) is 0 Å². The Morgan fingerprint density at radius 3 is 2.36 bits per heavy atom. The van der Waals surface area contributed by atoms with Crippen LogP contribution in [0, 0.1) is 5.92 Å². The summed E-state index contributed by atoms with van der Waals surface area (Å²) in [4.78, 5) is 10.6. The zero-order valence-electron chi connectivity index (χ0n) is 7.94. The van der Waals surface area contributed by atoms with Gasteiger partial charge in [0, 0.05) is 0 Å². The quantitative estimate of drug-likeness (QED) is 0.457. The smallest absolute Gasteiger partial charge is 1.00 e. The van der Waals surface area contributed by atoms with Crippen LogP contribution in [0.25, 0.3) is 0 Å². The van der Waals surface area contributed by atoms with E-state index in [4.69, 9.17) is 4.74 Å². The van der Waals surface area contributed by atoms with Crippen LogP contribution in [0.3, 0.4) is 0 Å². The Hall–Kier alpha value is 1.61. The zero-order valence-corrected chi connectivity index (χ0v) is 11.9. The molecule has 0 rings (SSSR count). The Morgan fingerprint density at radius 1 is 1.64 bits per heavy atom. The molecule has 0 N–H and O–H groups in total. The maximum Gasteiger partial charge on any atom is 1.00 e. The molecule has 0 radical (unpaired) electrons. The van der Waals surface area contributed by atoms with Crippen LogP contribution in [0.15, 0.2) is 0 Å². The molecule has 0 saturated carbocycles. The first-order chi connectivity index (χ1) is 4.54. The van der Waals surface area contributed by atoms with Crippen molar-refractivity contribution in [2.75, 3.05) is 6.61 Å². The predicted molar refractivity (Wildman–Crippen MR) is 47.1 cm³/mol. The number of amides is 1. The second-order valence-electron chi connectivity index (χ2n) is 2.26. The van der Waals surface area contributed by atoms with Gasteiger partial charge in [0.2, 0.25) is 0 Å². The van der Waals surface area contributed by atoms with Gasteiger partial charge in [-0.05, 0) is 31.5 Å². The van der Waals surface area contributed by atoms with Crippen LogP contribution in [0.1, 0.15) is 15.3 Å². The standard InChI is InChI=1S/C5H11NO2S2.K.H/c1-4(2)3-8-5(7)6(9)10;;/h4,9-10H,3H2,1-2H3;;/q;+1;-1. The third kappa shape index (κ3) is 9.52. The van der Waals surface area contributed by atoms with Gasteiger partial charge in [-0.1, -0.05) is 13.8 Å². The van der Waals surface area contributed by atoms with Crippen molar-refractivity contribution in [3.8, 4) is 0 Å². The van der Waals surface area contributed by atoms with E-state index in [9.17, 15) is 4.79 Å². The fraction of sp³-hybridized carbons (Fsp3) is 0.800. The summed E-state index contributed by atoms with van der Waals surface area (Å²) in [5.41, 5.74) is 0. The molecule has 0 fully saturated rings. The van der Waals surface area contributed by atoms with Crippen molar-refractivity contribution in [2.24, 2.45) is 5.92 Å². The summed E-state index contributed by atoms with van der Waals surface area (Å²) >= 11 is 7.24. The molecule has 0 aromatic rings. The van der Waals surface area contributed by atoms with Gasteiger partial charge in [0.05, 0.1) is 6.61 Å². The number of ether oxygens (including phenoxy) is 1. The Morgan fingerprint density at radius 2 is 2.09 bits per heavy atom. The van der Waals surface area contributed by atoms with E-state index in [-0.39, 0.29) is 52.8 Å². The fourth-order valence-corrected chi connectivity index (χ4v) is 0.411. The van der Waals surface area contributed by atoms with Crippen molar-refractivity contribution in [1.29, 1.82) is 0 Å². The van der Waals surface area contributed by atoms with Crippen LogP contribution < -0.4 is 51.4 Å². The second-order valence-corrected chi connectivity index (χ2v) is 3.38. The molecule has 62 valence electrons. The van der Waals surface area contributed by atoms with Gasteiger partial charge in [-0.25, -0.2) is 4.79 Å². The Labute approximate surface area is 122 Å². The summed E-state index contributed by atoms with van der Waals surface area (Å²) in [7, 11) is 0. The average molecular weight is 221 g/mol. The van der Waals surface area contributed by atoms with E-state index in [0.29, 0.717) is 12.5 Å². The summed E-state index contributed by atoms with van der Waals surface area (Å²) in [5.74, 6) is 0.338. The molecule has 11 heavy (non-hydrogen) atoms. The monoisotopic (exact) mass is 221 g/mol. The van der Waals surface area contributed by atoms with E-state index in [2.05, 4.69) is 25.6 Å². The van der Waals surface area contributed by atoms with E-state index in [1.165, 1.54) is 0 Å². The Bertz CT molecular complexity index is 126. The molecule has 0 aromatic heterocycles. The number of carbonyl (C=O) groups is 1. The minimum atomic E-state index is -0.541. The van der Waals surface area contributed by atoms with E-state index in [1.807, 2.05) is 13.8 Å². The molecule has 0 aliphatic rings. The molecule has 0 heterocycles. The molecule has 0 unspecified atom stereocenters. The molecule has 6 heteroatoms. The van der Waals surface area contributed by atoms with Gasteiger partial charge in [0.1, 0.15) is 0 Å². The van der Waals surface area contributed by atoms with Gasteiger partial charge in [-0.15, -0.1) is 0 Å². The number of hydrogen-bond donors (Lipinski definition) is 2. The SMILES string of the molecule is CC(C)COC(=O)N(S)S.[H-].[K+]. The molecule has 0 aromatic carbocycles. The van der Waals surface area contributed by atoms with Gasteiger partial charge >= 0.3 is 57.5 Å². The molecule has 3 nitrogen and oxygen atoms in total. The van der Waals surface area contributed by atoms with E-state index < -0.39 is 6.09 Å². The van der Waals surface area contributed by atoms with Gasteiger partial charge in [-0.3, -0.25) is 0 Å². The Kier molecular flexibility index (Phi) is 11.3. The first-order valence-corrected chi connectivity index (χ1v) is 3.68. The number of nitrogens with zero attached hydrogens (tertiary/aromatic N) is 1. The second kappa shape index (κ2) is 8.22. The first-order valence-electron chi connectivity index (χ1n) is 2.88. The van der Waals surface area contributed by atoms with E-state index in [0.717, 1.165) is 3.71 Å². The molecule has 0 saturated heterocycles. The van der Waals surface area contributed by atoms with Crippen molar-refractivity contribution in [3.63, 3.8) is 0 Å². The average Bonchev–Trinajstić information content (AvgIpc) is 1.82. The van der Waals surface area contributed by atoms with Crippen LogP contribution in [-0.4, -0.2) is 16.4 Å². The van der Waals surface area contributed by atoms with Gasteiger partial charge in [-0.2, -0.15) is 3.71 Å². The molecule has 0 bridgehead atoms. The zero-order chi connectivity index (χ0) is 8.15. The van der Waals surface area contributed by atoms with Crippen molar-refractivity contribution < 1.29 is 62.3 Å². The number of rotatable bonds is 2. The van der Waals surface area contributed by atoms with Crippen molar-refractivity contribution in [1.82, 2.24) is 3.71 Å². The summed E-state index contributed by atoms with van der Waals surface area (Å²) in [6, 6.07) is 0. The molecule has 0 spiro atoms. The van der Waals surface area contributed by atoms with Crippen LogP contribution in [0.2, 0.25) is 0 Å². The van der Waals surface area contributed by atoms with E-state index in [1.54, 1.807) is 0 Å². The summed E-state index contributed by atoms with van der Waals surface area (Å²) in [6.45, 7) is 4.31. The summed E-state index contributed by atoms with van der Waals surface area (Å²) in [6.07, 6.45) is -0.541. The molecular formula is C5H12KNO2S2. The summed E-state index contributed by atoms with van der Waals surface area (Å²) < 4.78 is 5.51. The molecule has 0 aliphatic heterocycles. The number of thiol groups is 2. The Balaban J connectivity index is -0.000000405. The third-order valence-electron chi connectivity index (χ3n) is 0.703. The fourth-order valence-electron chi connectivity index (χ4n) is 0.296. The van der Waals surface area contributed by atoms with Crippen molar-refractivity contribution in [3.05, 3.63) is 0 Å². The first kappa shape index (κ1) is 15.1. The van der Waals surface area contributed by atoms with Crippen LogP contribution >= 0.6 is 25.6 Å². The normalized spacial score (nSPS) is 8.82. The van der Waals surface area contributed by atoms with E-state index >= 15 is 0 Å². The minimum Gasteiger partial charge on any atom is -1.00 e. The maximum absolute atomic E-state index is 10.6. The van der Waals surface area contributed by atoms with Crippen molar-refractivity contribution in [2.45, 2.75) is 13.8 Å². The molecule has 1 amide bonds. The van der Waals surface area contributed by atoms with Crippen LogP contribution in [0.5, 0.6) is 0 Å². The van der Waals surface area contributed by atoms with Gasteiger partial charge < -0.3 is 6.16 Å². The largest absolute Gasteiger partial charge is 1.00 e. The van der Waals surface area contributed by atoms with Gasteiger partial charge in [0.25, 0.3) is 0 Å². The molecule has 0 aliphatic carbocycles. The van der Waals surface area contributed by atoms with Crippen molar-refractivity contribution >= 4 is 31.7 Å². The topological polar surface area (TPSA) is 29.5 Å². The predicted octanol–water partition coefficient (Wildman–Crippen LogP) is -1.11. The third-order valence-corrected chi connectivity index (χ3v) is 1.03. The molecule has 0 atom stereocenters.